The lowest BCUT2D eigenvalue weighted by atomic mass is 10.1. The van der Waals surface area contributed by atoms with E-state index in [-0.39, 0.29) is 0 Å². The lowest BCUT2D eigenvalue weighted by molar-refractivity contribution is 0.106. The minimum Gasteiger partial charge on any atom is -0.376 e. The van der Waals surface area contributed by atoms with E-state index < -0.39 is 0 Å². The molecule has 24 heavy (non-hydrogen) atoms. The zero-order valence-corrected chi connectivity index (χ0v) is 14.2. The summed E-state index contributed by atoms with van der Waals surface area (Å²) in [6.45, 7) is 1.74. The standard InChI is InChI=1S/C23H26O/c1-3-7-16(8-4-1)14-24-15-18-11-19(18)22-13-23(22)21-12-20(21)17-9-5-2-6-10-17/h1-10,18-23H,11-15H2/t18-,19+,20+,21-,22+,23+/m0/s1. The fraction of sp³-hybridized carbons (Fsp3) is 0.478. The van der Waals surface area contributed by atoms with Crippen LogP contribution in [0.4, 0.5) is 0 Å². The van der Waals surface area contributed by atoms with Gasteiger partial charge in [0.1, 0.15) is 0 Å². The van der Waals surface area contributed by atoms with Crippen LogP contribution in [0.5, 0.6) is 0 Å². The molecule has 0 heterocycles. The molecule has 2 aromatic carbocycles. The molecule has 3 aliphatic rings. The Morgan fingerprint density at radius 1 is 0.708 bits per heavy atom. The second-order valence-electron chi connectivity index (χ2n) is 8.14. The maximum absolute atomic E-state index is 5.95. The number of ether oxygens (including phenoxy) is 1. The SMILES string of the molecule is c1ccc(COC[C@@H]2C[C@H]2[C@H]2C[C@@H]2[C@H]2C[C@@H]2c2ccccc2)cc1. The van der Waals surface area contributed by atoms with Crippen LogP contribution >= 0.6 is 0 Å². The molecule has 0 aromatic heterocycles. The van der Waals surface area contributed by atoms with Gasteiger partial charge in [-0.05, 0) is 65.9 Å². The van der Waals surface area contributed by atoms with Gasteiger partial charge in [0.15, 0.2) is 0 Å². The van der Waals surface area contributed by atoms with Crippen molar-refractivity contribution in [2.75, 3.05) is 6.61 Å². The lowest BCUT2D eigenvalue weighted by Crippen LogP contribution is -2.00. The average Bonchev–Trinajstić information content (AvgIpc) is 3.49. The zero-order chi connectivity index (χ0) is 15.9. The monoisotopic (exact) mass is 318 g/mol. The molecule has 2 aromatic rings. The van der Waals surface area contributed by atoms with E-state index in [1.807, 2.05) is 0 Å². The van der Waals surface area contributed by atoms with Crippen LogP contribution in [0, 0.1) is 29.6 Å². The van der Waals surface area contributed by atoms with Crippen LogP contribution in [0.15, 0.2) is 60.7 Å². The Kier molecular flexibility index (Phi) is 3.70. The van der Waals surface area contributed by atoms with Crippen LogP contribution in [0.3, 0.4) is 0 Å². The van der Waals surface area contributed by atoms with Crippen molar-refractivity contribution >= 4 is 0 Å². The number of benzene rings is 2. The molecule has 0 N–H and O–H groups in total. The highest BCUT2D eigenvalue weighted by Crippen LogP contribution is 2.68. The van der Waals surface area contributed by atoms with E-state index in [1.54, 1.807) is 5.56 Å². The van der Waals surface area contributed by atoms with Gasteiger partial charge >= 0.3 is 0 Å². The van der Waals surface area contributed by atoms with Crippen LogP contribution in [-0.2, 0) is 11.3 Å². The van der Waals surface area contributed by atoms with Crippen LogP contribution in [0.25, 0.3) is 0 Å². The third-order valence-corrected chi connectivity index (χ3v) is 6.48. The van der Waals surface area contributed by atoms with E-state index in [4.69, 9.17) is 4.74 Å². The van der Waals surface area contributed by atoms with Crippen LogP contribution in [0.2, 0.25) is 0 Å². The van der Waals surface area contributed by atoms with Gasteiger partial charge in [-0.2, -0.15) is 0 Å². The average molecular weight is 318 g/mol. The van der Waals surface area contributed by atoms with Gasteiger partial charge in [-0.15, -0.1) is 0 Å². The molecule has 1 heteroatoms. The van der Waals surface area contributed by atoms with Gasteiger partial charge in [-0.25, -0.2) is 0 Å². The summed E-state index contributed by atoms with van der Waals surface area (Å²) in [5, 5.41) is 0. The summed E-state index contributed by atoms with van der Waals surface area (Å²) in [5.41, 5.74) is 2.87. The highest BCUT2D eigenvalue weighted by atomic mass is 16.5. The molecule has 1 nitrogen and oxygen atoms in total. The Bertz CT molecular complexity index is 680. The summed E-state index contributed by atoms with van der Waals surface area (Å²) in [7, 11) is 0. The van der Waals surface area contributed by atoms with Crippen molar-refractivity contribution < 1.29 is 4.74 Å². The Hall–Kier alpha value is -1.60. The lowest BCUT2D eigenvalue weighted by Gasteiger charge is -2.04. The molecule has 6 atom stereocenters. The fourth-order valence-corrected chi connectivity index (χ4v) is 4.88. The Balaban J connectivity index is 1.05. The molecular weight excluding hydrogens is 292 g/mol. The molecule has 0 unspecified atom stereocenters. The van der Waals surface area contributed by atoms with E-state index in [1.165, 1.54) is 24.8 Å². The Morgan fingerprint density at radius 3 is 2.21 bits per heavy atom. The second kappa shape index (κ2) is 6.04. The summed E-state index contributed by atoms with van der Waals surface area (Å²) in [6, 6.07) is 21.7. The van der Waals surface area contributed by atoms with Gasteiger partial charge in [-0.1, -0.05) is 60.7 Å². The fourth-order valence-electron chi connectivity index (χ4n) is 4.88. The minimum absolute atomic E-state index is 0.775. The van der Waals surface area contributed by atoms with E-state index in [0.717, 1.165) is 48.7 Å². The molecule has 0 radical (unpaired) electrons. The van der Waals surface area contributed by atoms with E-state index in [2.05, 4.69) is 60.7 Å². The molecule has 0 bridgehead atoms. The third kappa shape index (κ3) is 3.02. The van der Waals surface area contributed by atoms with Crippen LogP contribution < -0.4 is 0 Å². The minimum atomic E-state index is 0.775. The highest BCUT2D eigenvalue weighted by Gasteiger charge is 2.60. The van der Waals surface area contributed by atoms with E-state index in [0.29, 0.717) is 0 Å². The highest BCUT2D eigenvalue weighted by molar-refractivity contribution is 5.27. The summed E-state index contributed by atoms with van der Waals surface area (Å²) in [6.07, 6.45) is 4.35. The maximum Gasteiger partial charge on any atom is 0.0717 e. The molecule has 5 rings (SSSR count). The normalized spacial score (nSPS) is 36.3. The number of hydrogen-bond donors (Lipinski definition) is 0. The first-order chi connectivity index (χ1) is 11.9. The Labute approximate surface area is 145 Å². The largest absolute Gasteiger partial charge is 0.376 e. The van der Waals surface area contributed by atoms with Gasteiger partial charge in [-0.3, -0.25) is 0 Å². The van der Waals surface area contributed by atoms with Crippen molar-refractivity contribution in [2.45, 2.75) is 31.8 Å². The van der Waals surface area contributed by atoms with Crippen molar-refractivity contribution in [1.82, 2.24) is 0 Å². The first-order valence-corrected chi connectivity index (χ1v) is 9.57. The summed E-state index contributed by atoms with van der Waals surface area (Å²) < 4.78 is 5.95. The van der Waals surface area contributed by atoms with Gasteiger partial charge < -0.3 is 4.74 Å². The first-order valence-electron chi connectivity index (χ1n) is 9.57. The van der Waals surface area contributed by atoms with Gasteiger partial charge in [0, 0.05) is 0 Å². The van der Waals surface area contributed by atoms with Crippen molar-refractivity contribution in [3.8, 4) is 0 Å². The topological polar surface area (TPSA) is 9.23 Å². The Morgan fingerprint density at radius 2 is 1.42 bits per heavy atom. The molecule has 0 amide bonds. The van der Waals surface area contributed by atoms with Crippen molar-refractivity contribution in [3.05, 3.63) is 71.8 Å². The maximum atomic E-state index is 5.95. The number of hydrogen-bond acceptors (Lipinski definition) is 1. The van der Waals surface area contributed by atoms with E-state index >= 15 is 0 Å². The van der Waals surface area contributed by atoms with Gasteiger partial charge in [0.25, 0.3) is 0 Å². The molecule has 0 spiro atoms. The van der Waals surface area contributed by atoms with Crippen molar-refractivity contribution in [1.29, 1.82) is 0 Å². The second-order valence-corrected chi connectivity index (χ2v) is 8.14. The molecule has 3 aliphatic carbocycles. The van der Waals surface area contributed by atoms with Crippen LogP contribution in [0.1, 0.15) is 36.3 Å². The molecule has 124 valence electrons. The predicted molar refractivity (Wildman–Crippen MR) is 96.6 cm³/mol. The van der Waals surface area contributed by atoms with Gasteiger partial charge in [0.2, 0.25) is 0 Å². The van der Waals surface area contributed by atoms with Crippen LogP contribution in [-0.4, -0.2) is 6.61 Å². The van der Waals surface area contributed by atoms with Crippen molar-refractivity contribution in [2.24, 2.45) is 29.6 Å². The summed E-state index contributed by atoms with van der Waals surface area (Å²) in [4.78, 5) is 0. The zero-order valence-electron chi connectivity index (χ0n) is 14.2. The molecule has 0 saturated heterocycles. The molecular formula is C23H26O. The molecule has 0 aliphatic heterocycles. The molecule has 3 saturated carbocycles. The third-order valence-electron chi connectivity index (χ3n) is 6.48. The summed E-state index contributed by atoms with van der Waals surface area (Å²) in [5.74, 6) is 5.73. The quantitative estimate of drug-likeness (QED) is 0.675. The summed E-state index contributed by atoms with van der Waals surface area (Å²) >= 11 is 0. The predicted octanol–water partition coefficient (Wildman–Crippen LogP) is 5.28. The van der Waals surface area contributed by atoms with Crippen molar-refractivity contribution in [3.63, 3.8) is 0 Å². The van der Waals surface area contributed by atoms with E-state index in [9.17, 15) is 0 Å². The number of rotatable bonds is 7. The smallest absolute Gasteiger partial charge is 0.0717 e. The molecule has 3 fully saturated rings. The first kappa shape index (κ1) is 14.7. The van der Waals surface area contributed by atoms with Gasteiger partial charge in [0.05, 0.1) is 13.2 Å².